The second-order valence-electron chi connectivity index (χ2n) is 13.9. The number of aliphatic carboxylic acids is 1. The highest BCUT2D eigenvalue weighted by Gasteiger charge is 2.57. The average Bonchev–Trinajstić information content (AvgIpc) is 3.60. The zero-order chi connectivity index (χ0) is 39.5. The average molecular weight is 788 g/mol. The van der Waals surface area contributed by atoms with Crippen molar-refractivity contribution in [1.82, 2.24) is 14.8 Å². The van der Waals surface area contributed by atoms with Gasteiger partial charge in [0.1, 0.15) is 16.4 Å². The molecule has 2 aliphatic rings. The van der Waals surface area contributed by atoms with Gasteiger partial charge >= 0.3 is 18.3 Å². The van der Waals surface area contributed by atoms with Crippen molar-refractivity contribution in [1.29, 1.82) is 0 Å². The van der Waals surface area contributed by atoms with E-state index in [1.807, 2.05) is 0 Å². The number of ether oxygens (including phenoxy) is 2. The fraction of sp³-hybridized carbons (Fsp3) is 0.541. The summed E-state index contributed by atoms with van der Waals surface area (Å²) < 4.78 is 95.5. The van der Waals surface area contributed by atoms with Gasteiger partial charge < -0.3 is 29.7 Å². The van der Waals surface area contributed by atoms with E-state index in [1.54, 1.807) is 38.1 Å². The van der Waals surface area contributed by atoms with E-state index in [-0.39, 0.29) is 76.4 Å². The number of rotatable bonds is 13. The zero-order valence-corrected chi connectivity index (χ0v) is 30.5. The van der Waals surface area contributed by atoms with Gasteiger partial charge in [0.05, 0.1) is 35.9 Å². The Kier molecular flexibility index (Phi) is 12.5. The summed E-state index contributed by atoms with van der Waals surface area (Å²) >= 11 is 0.375. The first-order valence-corrected chi connectivity index (χ1v) is 18.5. The monoisotopic (exact) mass is 787 g/mol. The highest BCUT2D eigenvalue weighted by molar-refractivity contribution is 7.10. The van der Waals surface area contributed by atoms with Crippen molar-refractivity contribution in [3.63, 3.8) is 0 Å². The molecule has 1 aromatic carbocycles. The number of pyridine rings is 1. The Labute approximate surface area is 312 Å². The molecule has 1 unspecified atom stereocenters. The van der Waals surface area contributed by atoms with E-state index in [9.17, 15) is 46.1 Å². The lowest BCUT2D eigenvalue weighted by atomic mass is 9.78. The third-order valence-corrected chi connectivity index (χ3v) is 11.0. The van der Waals surface area contributed by atoms with Crippen molar-refractivity contribution in [3.05, 3.63) is 75.7 Å². The van der Waals surface area contributed by atoms with Gasteiger partial charge in [0.25, 0.3) is 5.91 Å². The molecule has 0 aliphatic carbocycles. The van der Waals surface area contributed by atoms with E-state index in [2.05, 4.69) is 4.98 Å². The predicted molar refractivity (Wildman–Crippen MR) is 185 cm³/mol. The second kappa shape index (κ2) is 16.4. The van der Waals surface area contributed by atoms with Crippen LogP contribution >= 0.6 is 11.3 Å². The van der Waals surface area contributed by atoms with Crippen LogP contribution in [-0.2, 0) is 27.5 Å². The summed E-state index contributed by atoms with van der Waals surface area (Å²) in [5.74, 6) is -1.83. The minimum atomic E-state index is -4.86. The molecule has 17 heteroatoms. The number of carboxylic acids is 1. The van der Waals surface area contributed by atoms with E-state index in [4.69, 9.17) is 14.6 Å². The fourth-order valence-electron chi connectivity index (χ4n) is 7.43. The summed E-state index contributed by atoms with van der Waals surface area (Å²) in [5.41, 5.74) is -4.82. The standard InChI is InChI=1S/C37H43F6N3O7S/c1-3-8-28-35(53-24-20-29(54-22-24)37(41,42)43,12-7-16-46(28)32(49)31-26(36(38,39)40)10-6-15-44-31)33(50)45-17-13-34(51,14-18-45)25-9-4-5-11-27(25)52-21-23(2)19-30(47)48/h4-6,9-11,15,20,22-23,28,32,49,51H,3,7-8,12-14,16-19,21H2,1-2H3,(H,47,48)/t23-,28+,32?,35-/m0/s1. The van der Waals surface area contributed by atoms with E-state index in [0.717, 1.165) is 29.8 Å². The number of thiophene rings is 1. The third kappa shape index (κ3) is 8.95. The number of carbonyl (C=O) groups is 2. The number of carbonyl (C=O) groups excluding carboxylic acids is 1. The molecule has 2 aliphatic heterocycles. The van der Waals surface area contributed by atoms with Gasteiger partial charge in [0, 0.05) is 48.8 Å². The lowest BCUT2D eigenvalue weighted by molar-refractivity contribution is -0.177. The first-order chi connectivity index (χ1) is 25.4. The summed E-state index contributed by atoms with van der Waals surface area (Å²) in [6.07, 6.45) is -9.85. The molecule has 296 valence electrons. The van der Waals surface area contributed by atoms with Crippen LogP contribution in [0, 0.1) is 5.92 Å². The minimum absolute atomic E-state index is 0.0166. The van der Waals surface area contributed by atoms with Crippen LogP contribution in [0.5, 0.6) is 11.5 Å². The Bertz CT molecular complexity index is 1760. The SMILES string of the molecule is CCC[C@H]1N(C(O)c2ncccc2C(F)(F)F)CCC[C@@]1(Oc1csc(C(F)(F)F)c1)C(=O)N1CCC(O)(c2ccccc2OC[C@@H](C)CC(=O)O)CC1. The van der Waals surface area contributed by atoms with Gasteiger partial charge in [-0.1, -0.05) is 38.5 Å². The Balaban J connectivity index is 1.47. The number of hydrogen-bond donors (Lipinski definition) is 3. The normalized spacial score (nSPS) is 22.0. The number of nitrogens with zero attached hydrogens (tertiary/aromatic N) is 3. The molecule has 2 aromatic heterocycles. The number of para-hydroxylation sites is 1. The molecule has 3 N–H and O–H groups in total. The highest BCUT2D eigenvalue weighted by Crippen LogP contribution is 2.46. The maximum absolute atomic E-state index is 14.9. The maximum atomic E-state index is 14.9. The fourth-order valence-corrected chi connectivity index (χ4v) is 8.10. The summed E-state index contributed by atoms with van der Waals surface area (Å²) in [7, 11) is 0. The van der Waals surface area contributed by atoms with Gasteiger partial charge in [-0.3, -0.25) is 19.5 Å². The van der Waals surface area contributed by atoms with Gasteiger partial charge in [0.2, 0.25) is 5.60 Å². The summed E-state index contributed by atoms with van der Waals surface area (Å²) in [6, 6.07) is 8.31. The summed E-state index contributed by atoms with van der Waals surface area (Å²) in [4.78, 5) is 31.7. The smallest absolute Gasteiger partial charge is 0.425 e. The summed E-state index contributed by atoms with van der Waals surface area (Å²) in [5, 5.41) is 33.7. The number of benzene rings is 1. The van der Waals surface area contributed by atoms with Gasteiger partial charge in [-0.05, 0) is 50.3 Å². The van der Waals surface area contributed by atoms with Crippen molar-refractivity contribution >= 4 is 23.2 Å². The number of aliphatic hydroxyl groups is 2. The molecule has 0 saturated carbocycles. The lowest BCUT2D eigenvalue weighted by Crippen LogP contribution is -2.68. The van der Waals surface area contributed by atoms with Gasteiger partial charge in [-0.2, -0.15) is 26.3 Å². The van der Waals surface area contributed by atoms with Gasteiger partial charge in [-0.15, -0.1) is 11.3 Å². The highest BCUT2D eigenvalue weighted by atomic mass is 32.1. The van der Waals surface area contributed by atoms with Crippen LogP contribution in [0.1, 0.15) is 86.7 Å². The minimum Gasteiger partial charge on any atom is -0.493 e. The molecule has 1 amide bonds. The van der Waals surface area contributed by atoms with Crippen LogP contribution in [0.15, 0.2) is 54.0 Å². The Hall–Kier alpha value is -3.93. The number of carboxylic acid groups (broad SMARTS) is 1. The van der Waals surface area contributed by atoms with E-state index in [0.29, 0.717) is 29.1 Å². The largest absolute Gasteiger partial charge is 0.493 e. The number of aliphatic hydroxyl groups excluding tert-OH is 1. The molecule has 2 fully saturated rings. The van der Waals surface area contributed by atoms with Gasteiger partial charge in [0.15, 0.2) is 6.23 Å². The van der Waals surface area contributed by atoms with Crippen molar-refractivity contribution in [2.24, 2.45) is 5.92 Å². The molecule has 2 saturated heterocycles. The van der Waals surface area contributed by atoms with Crippen LogP contribution in [0.25, 0.3) is 0 Å². The van der Waals surface area contributed by atoms with Crippen molar-refractivity contribution in [2.75, 3.05) is 26.2 Å². The zero-order valence-electron chi connectivity index (χ0n) is 29.7. The van der Waals surface area contributed by atoms with Crippen LogP contribution in [-0.4, -0.2) is 79.9 Å². The molecule has 5 rings (SSSR count). The second-order valence-corrected chi connectivity index (χ2v) is 14.8. The topological polar surface area (TPSA) is 133 Å². The molecule has 4 heterocycles. The van der Waals surface area contributed by atoms with E-state index < -0.39 is 63.8 Å². The Morgan fingerprint density at radius 1 is 1.04 bits per heavy atom. The summed E-state index contributed by atoms with van der Waals surface area (Å²) in [6.45, 7) is 3.55. The van der Waals surface area contributed by atoms with Crippen LogP contribution in [0.2, 0.25) is 0 Å². The number of amides is 1. The van der Waals surface area contributed by atoms with E-state index >= 15 is 0 Å². The number of hydrogen-bond acceptors (Lipinski definition) is 9. The molecule has 54 heavy (non-hydrogen) atoms. The van der Waals surface area contributed by atoms with Crippen molar-refractivity contribution < 1.29 is 60.7 Å². The molecule has 0 radical (unpaired) electrons. The van der Waals surface area contributed by atoms with Crippen molar-refractivity contribution in [3.8, 4) is 11.5 Å². The lowest BCUT2D eigenvalue weighted by Gasteiger charge is -2.52. The molecule has 4 atom stereocenters. The van der Waals surface area contributed by atoms with Crippen LogP contribution in [0.4, 0.5) is 26.3 Å². The molecule has 0 spiro atoms. The molecule has 10 nitrogen and oxygen atoms in total. The first kappa shape index (κ1) is 41.2. The molecule has 0 bridgehead atoms. The molecular formula is C37H43F6N3O7S. The van der Waals surface area contributed by atoms with Gasteiger partial charge in [-0.25, -0.2) is 0 Å². The third-order valence-electron chi connectivity index (χ3n) is 10.00. The number of aromatic nitrogens is 1. The predicted octanol–water partition coefficient (Wildman–Crippen LogP) is 7.25. The number of likely N-dealkylation sites (tertiary alicyclic amines) is 2. The van der Waals surface area contributed by atoms with Crippen LogP contribution < -0.4 is 9.47 Å². The maximum Gasteiger partial charge on any atom is 0.425 e. The number of alkyl halides is 6. The first-order valence-electron chi connectivity index (χ1n) is 17.7. The molecule has 3 aromatic rings. The van der Waals surface area contributed by atoms with Crippen molar-refractivity contribution in [2.45, 2.75) is 94.6 Å². The van der Waals surface area contributed by atoms with Crippen LogP contribution in [0.3, 0.4) is 0 Å². The quantitative estimate of drug-likeness (QED) is 0.153. The Morgan fingerprint density at radius 2 is 1.74 bits per heavy atom. The Morgan fingerprint density at radius 3 is 2.37 bits per heavy atom. The van der Waals surface area contributed by atoms with E-state index in [1.165, 1.54) is 9.80 Å². The molecular weight excluding hydrogens is 744 g/mol. The number of piperidine rings is 2. The number of halogens is 6.